The Labute approximate surface area is 131 Å². The molecule has 0 radical (unpaired) electrons. The van der Waals surface area contributed by atoms with Crippen LogP contribution in [0.15, 0.2) is 0 Å². The highest BCUT2D eigenvalue weighted by Gasteiger charge is 2.22. The van der Waals surface area contributed by atoms with E-state index in [0.29, 0.717) is 0 Å². The molecule has 0 aromatic carbocycles. The van der Waals surface area contributed by atoms with Gasteiger partial charge in [0.05, 0.1) is 6.07 Å². The van der Waals surface area contributed by atoms with Gasteiger partial charge in [0, 0.05) is 32.2 Å². The minimum absolute atomic E-state index is 0.343. The predicted molar refractivity (Wildman–Crippen MR) is 89.3 cm³/mol. The zero-order chi connectivity index (χ0) is 15.7. The van der Waals surface area contributed by atoms with E-state index >= 15 is 0 Å². The Morgan fingerprint density at radius 2 is 1.86 bits per heavy atom. The fourth-order valence-electron chi connectivity index (χ4n) is 3.07. The molecule has 2 unspecified atom stereocenters. The van der Waals surface area contributed by atoms with Crippen LogP contribution < -0.4 is 5.32 Å². The van der Waals surface area contributed by atoms with Crippen molar-refractivity contribution in [2.45, 2.75) is 65.0 Å². The summed E-state index contributed by atoms with van der Waals surface area (Å²) >= 11 is 0. The van der Waals surface area contributed by atoms with Crippen molar-refractivity contribution < 1.29 is 0 Å². The Balaban J connectivity index is 2.16. The topological polar surface area (TPSA) is 42.3 Å². The summed E-state index contributed by atoms with van der Waals surface area (Å²) in [5.74, 6) is 0. The molecule has 0 aromatic rings. The molecule has 21 heavy (non-hydrogen) atoms. The zero-order valence-electron chi connectivity index (χ0n) is 14.5. The summed E-state index contributed by atoms with van der Waals surface area (Å²) in [4.78, 5) is 5.18. The van der Waals surface area contributed by atoms with Crippen LogP contribution in [-0.4, -0.2) is 60.6 Å². The largest absolute Gasteiger partial charge is 0.301 e. The van der Waals surface area contributed by atoms with Gasteiger partial charge in [0.1, 0.15) is 5.54 Å². The van der Waals surface area contributed by atoms with Crippen molar-refractivity contribution in [2.75, 3.05) is 39.3 Å². The average molecular weight is 294 g/mol. The van der Waals surface area contributed by atoms with Gasteiger partial charge in [0.2, 0.25) is 0 Å². The number of rotatable bonds is 9. The van der Waals surface area contributed by atoms with Gasteiger partial charge in [-0.1, -0.05) is 13.8 Å². The second kappa shape index (κ2) is 9.40. The summed E-state index contributed by atoms with van der Waals surface area (Å²) < 4.78 is 0. The number of hydrogen-bond donors (Lipinski definition) is 1. The highest BCUT2D eigenvalue weighted by molar-refractivity contribution is 5.03. The third-order valence-electron chi connectivity index (χ3n) is 4.84. The standard InChI is InChI=1S/C17H34N4/c1-5-16(3)21-13-11-20(12-14-21)10-8-7-9-17(4,15-18)19-6-2/h16,19H,5-14H2,1-4H3. The van der Waals surface area contributed by atoms with E-state index in [9.17, 15) is 5.26 Å². The zero-order valence-corrected chi connectivity index (χ0v) is 14.5. The van der Waals surface area contributed by atoms with Gasteiger partial charge in [0.15, 0.2) is 0 Å². The van der Waals surface area contributed by atoms with Crippen LogP contribution in [0.4, 0.5) is 0 Å². The molecule has 1 heterocycles. The fourth-order valence-corrected chi connectivity index (χ4v) is 3.07. The molecule has 1 saturated heterocycles. The van der Waals surface area contributed by atoms with E-state index in [-0.39, 0.29) is 5.54 Å². The third-order valence-corrected chi connectivity index (χ3v) is 4.84. The monoisotopic (exact) mass is 294 g/mol. The van der Waals surface area contributed by atoms with Gasteiger partial charge in [-0.05, 0) is 52.6 Å². The van der Waals surface area contributed by atoms with Crippen molar-refractivity contribution >= 4 is 0 Å². The summed E-state index contributed by atoms with van der Waals surface area (Å²) in [6, 6.07) is 3.14. The number of piperazine rings is 1. The van der Waals surface area contributed by atoms with Crippen molar-refractivity contribution in [3.05, 3.63) is 0 Å². The maximum absolute atomic E-state index is 9.24. The molecule has 0 spiro atoms. The molecule has 4 nitrogen and oxygen atoms in total. The number of nitrogens with one attached hydrogen (secondary N) is 1. The van der Waals surface area contributed by atoms with Gasteiger partial charge >= 0.3 is 0 Å². The molecule has 0 bridgehead atoms. The average Bonchev–Trinajstić information content (AvgIpc) is 2.51. The Morgan fingerprint density at radius 1 is 1.19 bits per heavy atom. The molecule has 0 aromatic heterocycles. The molecule has 1 aliphatic heterocycles. The van der Waals surface area contributed by atoms with Gasteiger partial charge < -0.3 is 4.90 Å². The van der Waals surface area contributed by atoms with E-state index in [1.165, 1.54) is 45.6 Å². The van der Waals surface area contributed by atoms with Crippen LogP contribution in [0.1, 0.15) is 53.4 Å². The Bertz CT molecular complexity index is 317. The van der Waals surface area contributed by atoms with Crippen LogP contribution in [0.25, 0.3) is 0 Å². The molecule has 4 heteroatoms. The molecule has 0 aliphatic carbocycles. The van der Waals surface area contributed by atoms with Gasteiger partial charge in [-0.2, -0.15) is 5.26 Å². The minimum atomic E-state index is -0.343. The van der Waals surface area contributed by atoms with Crippen LogP contribution in [0, 0.1) is 11.3 Å². The first-order valence-electron chi connectivity index (χ1n) is 8.67. The van der Waals surface area contributed by atoms with Crippen molar-refractivity contribution in [1.29, 1.82) is 5.26 Å². The molecule has 1 rings (SSSR count). The summed E-state index contributed by atoms with van der Waals surface area (Å²) in [6.07, 6.45) is 4.52. The molecule has 0 saturated carbocycles. The predicted octanol–water partition coefficient (Wildman–Crippen LogP) is 2.46. The van der Waals surface area contributed by atoms with E-state index in [2.05, 4.69) is 42.0 Å². The summed E-state index contributed by atoms with van der Waals surface area (Å²) in [6.45, 7) is 15.6. The van der Waals surface area contributed by atoms with Gasteiger partial charge in [-0.15, -0.1) is 0 Å². The highest BCUT2D eigenvalue weighted by atomic mass is 15.3. The number of hydrogen-bond acceptors (Lipinski definition) is 4. The third kappa shape index (κ3) is 6.34. The lowest BCUT2D eigenvalue weighted by Crippen LogP contribution is -2.49. The van der Waals surface area contributed by atoms with Crippen LogP contribution >= 0.6 is 0 Å². The summed E-state index contributed by atoms with van der Waals surface area (Å²) in [5, 5.41) is 12.5. The lowest BCUT2D eigenvalue weighted by atomic mass is 9.96. The van der Waals surface area contributed by atoms with E-state index in [4.69, 9.17) is 0 Å². The SMILES string of the molecule is CCNC(C)(C#N)CCCCN1CCN(C(C)CC)CC1. The summed E-state index contributed by atoms with van der Waals surface area (Å²) in [5.41, 5.74) is -0.343. The molecule has 1 fully saturated rings. The van der Waals surface area contributed by atoms with Crippen molar-refractivity contribution in [2.24, 2.45) is 0 Å². The lowest BCUT2D eigenvalue weighted by Gasteiger charge is -2.38. The molecule has 1 N–H and O–H groups in total. The molecular formula is C17H34N4. The van der Waals surface area contributed by atoms with Crippen LogP contribution in [0.2, 0.25) is 0 Å². The van der Waals surface area contributed by atoms with Gasteiger partial charge in [-0.3, -0.25) is 10.2 Å². The van der Waals surface area contributed by atoms with Crippen LogP contribution in [-0.2, 0) is 0 Å². The molecule has 2 atom stereocenters. The first-order valence-corrected chi connectivity index (χ1v) is 8.67. The maximum atomic E-state index is 9.24. The van der Waals surface area contributed by atoms with Crippen molar-refractivity contribution in [3.8, 4) is 6.07 Å². The van der Waals surface area contributed by atoms with E-state index in [1.54, 1.807) is 0 Å². The van der Waals surface area contributed by atoms with E-state index < -0.39 is 0 Å². The van der Waals surface area contributed by atoms with Gasteiger partial charge in [0.25, 0.3) is 0 Å². The number of nitrogens with zero attached hydrogens (tertiary/aromatic N) is 3. The van der Waals surface area contributed by atoms with Gasteiger partial charge in [-0.25, -0.2) is 0 Å². The smallest absolute Gasteiger partial charge is 0.103 e. The van der Waals surface area contributed by atoms with Crippen molar-refractivity contribution in [1.82, 2.24) is 15.1 Å². The molecule has 122 valence electrons. The fraction of sp³-hybridized carbons (Fsp3) is 0.941. The van der Waals surface area contributed by atoms with Crippen LogP contribution in [0.3, 0.4) is 0 Å². The van der Waals surface area contributed by atoms with Crippen molar-refractivity contribution in [3.63, 3.8) is 0 Å². The Hall–Kier alpha value is -0.630. The minimum Gasteiger partial charge on any atom is -0.301 e. The van der Waals surface area contributed by atoms with Crippen LogP contribution in [0.5, 0.6) is 0 Å². The number of unbranched alkanes of at least 4 members (excludes halogenated alkanes) is 1. The maximum Gasteiger partial charge on any atom is 0.103 e. The quantitative estimate of drug-likeness (QED) is 0.663. The normalized spacial score (nSPS) is 21.7. The highest BCUT2D eigenvalue weighted by Crippen LogP contribution is 2.14. The van der Waals surface area contributed by atoms with E-state index in [0.717, 1.165) is 25.4 Å². The first-order chi connectivity index (χ1) is 10.0. The number of nitriles is 1. The summed E-state index contributed by atoms with van der Waals surface area (Å²) in [7, 11) is 0. The molecule has 0 amide bonds. The molecular weight excluding hydrogens is 260 g/mol. The Kier molecular flexibility index (Phi) is 8.24. The first kappa shape index (κ1) is 18.4. The molecule has 1 aliphatic rings. The Morgan fingerprint density at radius 3 is 2.38 bits per heavy atom. The second-order valence-electron chi connectivity index (χ2n) is 6.57. The second-order valence-corrected chi connectivity index (χ2v) is 6.57. The lowest BCUT2D eigenvalue weighted by molar-refractivity contribution is 0.0991. The van der Waals surface area contributed by atoms with E-state index in [1.807, 2.05) is 6.92 Å².